The number of hydrogen-bond acceptors (Lipinski definition) is 4. The van der Waals surface area contributed by atoms with Gasteiger partial charge in [-0.1, -0.05) is 0 Å². The fraction of sp³-hybridized carbons (Fsp3) is 0.773. The quantitative estimate of drug-likeness (QED) is 0.656. The molecule has 2 atom stereocenters. The van der Waals surface area contributed by atoms with E-state index < -0.39 is 5.92 Å². The molecule has 2 heterocycles. The van der Waals surface area contributed by atoms with Crippen molar-refractivity contribution in [3.63, 3.8) is 0 Å². The van der Waals surface area contributed by atoms with E-state index in [0.29, 0.717) is 36.4 Å². The molecule has 4 aliphatic rings. The van der Waals surface area contributed by atoms with Crippen molar-refractivity contribution in [2.75, 3.05) is 13.1 Å². The highest BCUT2D eigenvalue weighted by Crippen LogP contribution is 2.44. The van der Waals surface area contributed by atoms with Crippen molar-refractivity contribution in [1.29, 1.82) is 0 Å². The molecule has 3 saturated carbocycles. The van der Waals surface area contributed by atoms with Crippen LogP contribution < -0.4 is 10.6 Å². The number of thiophene rings is 1. The smallest absolute Gasteiger partial charge is 0.252 e. The van der Waals surface area contributed by atoms with Gasteiger partial charge in [0, 0.05) is 53.2 Å². The summed E-state index contributed by atoms with van der Waals surface area (Å²) in [4.78, 5) is 16.4. The lowest BCUT2D eigenvalue weighted by molar-refractivity contribution is -0.0399. The molecule has 0 aromatic carbocycles. The first-order valence-corrected chi connectivity index (χ1v) is 12.1. The highest BCUT2D eigenvalue weighted by atomic mass is 35.5. The van der Waals surface area contributed by atoms with E-state index in [9.17, 15) is 13.6 Å². The minimum absolute atomic E-state index is 0. The third-order valence-electron chi connectivity index (χ3n) is 7.13. The molecule has 3 aliphatic carbocycles. The van der Waals surface area contributed by atoms with Gasteiger partial charge in [0.1, 0.15) is 0 Å². The maximum Gasteiger partial charge on any atom is 0.252 e. The summed E-state index contributed by atoms with van der Waals surface area (Å²) in [7, 11) is 0. The Morgan fingerprint density at radius 3 is 2.43 bits per heavy atom. The molecule has 0 radical (unpaired) electrons. The second-order valence-corrected chi connectivity index (χ2v) is 10.4. The molecule has 4 fully saturated rings. The number of halogens is 3. The molecule has 1 aromatic heterocycles. The molecule has 8 heteroatoms. The van der Waals surface area contributed by atoms with E-state index >= 15 is 0 Å². The van der Waals surface area contributed by atoms with Crippen molar-refractivity contribution < 1.29 is 13.6 Å². The summed E-state index contributed by atoms with van der Waals surface area (Å²) in [6.07, 6.45) is 6.92. The molecular formula is C22H32ClF2N3OS. The van der Waals surface area contributed by atoms with Gasteiger partial charge in [0.2, 0.25) is 5.92 Å². The molecule has 1 aliphatic heterocycles. The third kappa shape index (κ3) is 5.34. The second-order valence-electron chi connectivity index (χ2n) is 9.50. The summed E-state index contributed by atoms with van der Waals surface area (Å²) >= 11 is 1.66. The molecule has 1 amide bonds. The van der Waals surface area contributed by atoms with Gasteiger partial charge in [0.05, 0.1) is 5.56 Å². The maximum absolute atomic E-state index is 13.3. The Kier molecular flexibility index (Phi) is 6.73. The minimum atomic E-state index is -2.56. The summed E-state index contributed by atoms with van der Waals surface area (Å²) < 4.78 is 26.6. The van der Waals surface area contributed by atoms with Gasteiger partial charge in [-0.25, -0.2) is 8.78 Å². The molecule has 1 saturated heterocycles. The summed E-state index contributed by atoms with van der Waals surface area (Å²) in [5.41, 5.74) is 0.686. The summed E-state index contributed by atoms with van der Waals surface area (Å²) in [5.74, 6) is -2.14. The number of amides is 1. The van der Waals surface area contributed by atoms with Crippen LogP contribution in [0.3, 0.4) is 0 Å². The summed E-state index contributed by atoms with van der Waals surface area (Å²) in [6.45, 7) is 2.46. The zero-order chi connectivity index (χ0) is 20.0. The molecule has 4 nitrogen and oxygen atoms in total. The van der Waals surface area contributed by atoms with Crippen LogP contribution in [0.4, 0.5) is 8.78 Å². The van der Waals surface area contributed by atoms with E-state index in [2.05, 4.69) is 15.5 Å². The fourth-order valence-corrected chi connectivity index (χ4v) is 6.06. The van der Waals surface area contributed by atoms with Gasteiger partial charge in [-0.2, -0.15) is 0 Å². The lowest BCUT2D eigenvalue weighted by atomic mass is 9.92. The first-order chi connectivity index (χ1) is 14.0. The van der Waals surface area contributed by atoms with Crippen molar-refractivity contribution in [1.82, 2.24) is 15.5 Å². The number of hydrogen-bond donors (Lipinski definition) is 2. The van der Waals surface area contributed by atoms with Gasteiger partial charge >= 0.3 is 0 Å². The Bertz CT molecular complexity index is 738. The number of rotatable bonds is 6. The van der Waals surface area contributed by atoms with Crippen LogP contribution in [-0.4, -0.2) is 54.0 Å². The molecule has 1 aromatic rings. The van der Waals surface area contributed by atoms with E-state index in [0.717, 1.165) is 12.5 Å². The standard InChI is InChI=1S/C22H31F2N3OS.ClH/c23-22(24)7-3-15(4-8-22)26-21(28)14-11-20(29-13-14)18-12-19(18)25-16-5-9-27(10-6-16)17-1-2-17;/h11,13,15-19,25H,1-10,12H2,(H,26,28);1H/t18-,19-;/m1./s1. The maximum atomic E-state index is 13.3. The van der Waals surface area contributed by atoms with Gasteiger partial charge in [-0.05, 0) is 64.1 Å². The van der Waals surface area contributed by atoms with E-state index in [1.807, 2.05) is 11.4 Å². The van der Waals surface area contributed by atoms with Crippen molar-refractivity contribution in [2.24, 2.45) is 0 Å². The number of carbonyl (C=O) groups is 1. The highest BCUT2D eigenvalue weighted by Gasteiger charge is 2.42. The second kappa shape index (κ2) is 9.00. The van der Waals surface area contributed by atoms with Crippen LogP contribution >= 0.6 is 23.7 Å². The normalized spacial score (nSPS) is 29.9. The lowest BCUT2D eigenvalue weighted by Gasteiger charge is -2.32. The SMILES string of the molecule is Cl.O=C(NC1CCC(F)(F)CC1)c1csc([C@@H]2C[C@H]2NC2CCN(C3CC3)CC2)c1. The number of carbonyl (C=O) groups excluding carboxylic acids is 1. The number of nitrogens with one attached hydrogen (secondary N) is 2. The molecule has 0 bridgehead atoms. The van der Waals surface area contributed by atoms with Crippen LogP contribution in [0.5, 0.6) is 0 Å². The molecule has 2 N–H and O–H groups in total. The minimum Gasteiger partial charge on any atom is -0.349 e. The van der Waals surface area contributed by atoms with Gasteiger partial charge in [0.15, 0.2) is 0 Å². The van der Waals surface area contributed by atoms with Crippen molar-refractivity contribution in [3.05, 3.63) is 21.9 Å². The van der Waals surface area contributed by atoms with E-state index in [4.69, 9.17) is 0 Å². The Morgan fingerprint density at radius 2 is 1.77 bits per heavy atom. The topological polar surface area (TPSA) is 44.4 Å². The van der Waals surface area contributed by atoms with Crippen LogP contribution in [0.15, 0.2) is 11.4 Å². The van der Waals surface area contributed by atoms with Crippen LogP contribution in [0, 0.1) is 0 Å². The third-order valence-corrected chi connectivity index (χ3v) is 8.20. The predicted molar refractivity (Wildman–Crippen MR) is 118 cm³/mol. The highest BCUT2D eigenvalue weighted by molar-refractivity contribution is 7.10. The number of likely N-dealkylation sites (tertiary alicyclic amines) is 1. The Hall–Kier alpha value is -0.760. The molecule has 0 unspecified atom stereocenters. The molecule has 5 rings (SSSR count). The number of nitrogens with zero attached hydrogens (tertiary/aromatic N) is 1. The van der Waals surface area contributed by atoms with Crippen LogP contribution in [-0.2, 0) is 0 Å². The monoisotopic (exact) mass is 459 g/mol. The van der Waals surface area contributed by atoms with Gasteiger partial charge in [-0.3, -0.25) is 4.79 Å². The average molecular weight is 460 g/mol. The van der Waals surface area contributed by atoms with Crippen molar-refractivity contribution in [2.45, 2.75) is 93.8 Å². The summed E-state index contributed by atoms with van der Waals surface area (Å²) in [6, 6.07) is 3.95. The zero-order valence-electron chi connectivity index (χ0n) is 17.2. The summed E-state index contributed by atoms with van der Waals surface area (Å²) in [5, 5.41) is 8.72. The van der Waals surface area contributed by atoms with E-state index in [1.54, 1.807) is 11.3 Å². The predicted octanol–water partition coefficient (Wildman–Crippen LogP) is 4.55. The van der Waals surface area contributed by atoms with Crippen molar-refractivity contribution >= 4 is 29.7 Å². The number of alkyl halides is 2. The zero-order valence-corrected chi connectivity index (χ0v) is 18.9. The van der Waals surface area contributed by atoms with Crippen molar-refractivity contribution in [3.8, 4) is 0 Å². The van der Waals surface area contributed by atoms with Crippen LogP contribution in [0.25, 0.3) is 0 Å². The molecular weight excluding hydrogens is 428 g/mol. The van der Waals surface area contributed by atoms with E-state index in [1.165, 1.54) is 43.6 Å². The number of piperidine rings is 1. The van der Waals surface area contributed by atoms with Gasteiger partial charge in [0.25, 0.3) is 5.91 Å². The lowest BCUT2D eigenvalue weighted by Crippen LogP contribution is -2.44. The average Bonchev–Trinajstić information content (AvgIpc) is 3.63. The van der Waals surface area contributed by atoms with Gasteiger partial charge in [-0.15, -0.1) is 23.7 Å². The van der Waals surface area contributed by atoms with Crippen LogP contribution in [0.2, 0.25) is 0 Å². The van der Waals surface area contributed by atoms with Gasteiger partial charge < -0.3 is 15.5 Å². The Labute approximate surface area is 187 Å². The molecule has 30 heavy (non-hydrogen) atoms. The van der Waals surface area contributed by atoms with E-state index in [-0.39, 0.29) is 37.2 Å². The Balaban J connectivity index is 0.00000218. The first-order valence-electron chi connectivity index (χ1n) is 11.2. The fourth-order valence-electron chi connectivity index (χ4n) is 4.99. The Morgan fingerprint density at radius 1 is 1.07 bits per heavy atom. The largest absolute Gasteiger partial charge is 0.349 e. The molecule has 0 spiro atoms. The molecule has 168 valence electrons. The first kappa shape index (κ1) is 22.4. The van der Waals surface area contributed by atoms with Crippen LogP contribution in [0.1, 0.15) is 78.9 Å².